The van der Waals surface area contributed by atoms with E-state index in [1.165, 1.54) is 30.7 Å². The molecule has 0 saturated heterocycles. The number of hydrogen-bond acceptors (Lipinski definition) is 5. The van der Waals surface area contributed by atoms with E-state index in [0.717, 1.165) is 0 Å². The fraction of sp³-hybridized carbons (Fsp3) is 0.385. The van der Waals surface area contributed by atoms with E-state index in [4.69, 9.17) is 0 Å². The lowest BCUT2D eigenvalue weighted by molar-refractivity contribution is -0.270. The monoisotopic (exact) mass is 502 g/mol. The van der Waals surface area contributed by atoms with Crippen molar-refractivity contribution in [2.24, 2.45) is 0 Å². The van der Waals surface area contributed by atoms with Crippen LogP contribution in [0.15, 0.2) is 48.9 Å². The first-order valence-corrected chi connectivity index (χ1v) is 11.7. The van der Waals surface area contributed by atoms with Crippen LogP contribution >= 0.6 is 0 Å². The highest BCUT2D eigenvalue weighted by atomic mass is 19.4. The Hall–Kier alpha value is -3.40. The molecule has 1 amide bonds. The average Bonchev–Trinajstić information content (AvgIpc) is 2.84. The second-order valence-electron chi connectivity index (χ2n) is 9.34. The topological polar surface area (TPSA) is 88.0 Å². The molecule has 0 aliphatic heterocycles. The molecule has 0 spiro atoms. The van der Waals surface area contributed by atoms with Gasteiger partial charge >= 0.3 is 6.18 Å². The molecule has 36 heavy (non-hydrogen) atoms. The Kier molecular flexibility index (Phi) is 7.08. The summed E-state index contributed by atoms with van der Waals surface area (Å²) in [6, 6.07) is 7.56. The van der Waals surface area contributed by atoms with Gasteiger partial charge in [-0.2, -0.15) is 13.2 Å². The minimum atomic E-state index is -4.74. The molecule has 6 nitrogen and oxygen atoms in total. The number of pyridine rings is 1. The second-order valence-corrected chi connectivity index (χ2v) is 9.34. The lowest BCUT2D eigenvalue weighted by Gasteiger charge is -2.37. The number of aromatic nitrogens is 3. The Bertz CT molecular complexity index is 1240. The molecule has 2 heterocycles. The van der Waals surface area contributed by atoms with Crippen LogP contribution in [0, 0.1) is 5.82 Å². The van der Waals surface area contributed by atoms with E-state index in [1.54, 1.807) is 18.2 Å². The van der Waals surface area contributed by atoms with Gasteiger partial charge in [0.05, 0.1) is 16.9 Å². The van der Waals surface area contributed by atoms with Crippen LogP contribution in [-0.2, 0) is 0 Å². The molecule has 3 aromatic rings. The fourth-order valence-corrected chi connectivity index (χ4v) is 4.41. The fourth-order valence-electron chi connectivity index (χ4n) is 4.41. The number of aliphatic hydroxyl groups is 1. The molecule has 0 atom stereocenters. The molecule has 1 aliphatic rings. The minimum Gasteiger partial charge on any atom is -0.380 e. The third kappa shape index (κ3) is 5.09. The highest BCUT2D eigenvalue weighted by Gasteiger charge is 2.55. The van der Waals surface area contributed by atoms with E-state index in [-0.39, 0.29) is 35.6 Å². The Morgan fingerprint density at radius 2 is 1.69 bits per heavy atom. The van der Waals surface area contributed by atoms with Crippen molar-refractivity contribution in [1.29, 1.82) is 0 Å². The number of alkyl halides is 3. The first-order chi connectivity index (χ1) is 17.0. The SMILES string of the molecule is CC(C)c1ncc(C(=O)Nc2c(-c3ccccc3F)ccnc2[C@H]2CC[C@](O)(C(F)(F)F)CC2)cn1. The Morgan fingerprint density at radius 3 is 2.28 bits per heavy atom. The van der Waals surface area contributed by atoms with E-state index in [1.807, 2.05) is 13.8 Å². The maximum Gasteiger partial charge on any atom is 0.417 e. The second kappa shape index (κ2) is 9.93. The molecule has 0 unspecified atom stereocenters. The van der Waals surface area contributed by atoms with Gasteiger partial charge in [-0.25, -0.2) is 14.4 Å². The summed E-state index contributed by atoms with van der Waals surface area (Å²) in [4.78, 5) is 25.9. The maximum absolute atomic E-state index is 14.7. The summed E-state index contributed by atoms with van der Waals surface area (Å²) in [5, 5.41) is 12.9. The number of halogens is 4. The van der Waals surface area contributed by atoms with Crippen LogP contribution in [0.25, 0.3) is 11.1 Å². The average molecular weight is 503 g/mol. The van der Waals surface area contributed by atoms with Gasteiger partial charge in [-0.15, -0.1) is 0 Å². The lowest BCUT2D eigenvalue weighted by Crippen LogP contribution is -2.47. The predicted octanol–water partition coefficient (Wildman–Crippen LogP) is 6.00. The third-order valence-corrected chi connectivity index (χ3v) is 6.56. The molecule has 190 valence electrons. The molecule has 2 aromatic heterocycles. The molecule has 1 saturated carbocycles. The normalized spacial score (nSPS) is 20.4. The van der Waals surface area contributed by atoms with E-state index in [0.29, 0.717) is 17.1 Å². The standard InChI is InChI=1S/C26H26F4N4O2/c1-15(2)23-32-13-17(14-33-23)24(35)34-22-19(18-5-3-4-6-20(18)27)9-12-31-21(22)16-7-10-25(36,11-8-16)26(28,29)30/h3-6,9,12-16,36H,7-8,10-11H2,1-2H3,(H,34,35)/t16-,25+. The summed E-state index contributed by atoms with van der Waals surface area (Å²) < 4.78 is 54.7. The molecule has 4 rings (SSSR count). The molecule has 0 bridgehead atoms. The highest BCUT2D eigenvalue weighted by Crippen LogP contribution is 2.47. The van der Waals surface area contributed by atoms with Gasteiger partial charge in [0.15, 0.2) is 5.60 Å². The van der Waals surface area contributed by atoms with Gasteiger partial charge in [0.2, 0.25) is 0 Å². The maximum atomic E-state index is 14.7. The predicted molar refractivity (Wildman–Crippen MR) is 126 cm³/mol. The zero-order valence-electron chi connectivity index (χ0n) is 19.8. The smallest absolute Gasteiger partial charge is 0.380 e. The van der Waals surface area contributed by atoms with Crippen LogP contribution in [0.4, 0.5) is 23.2 Å². The molecular formula is C26H26F4N4O2. The van der Waals surface area contributed by atoms with Crippen molar-refractivity contribution in [3.05, 3.63) is 71.8 Å². The Balaban J connectivity index is 1.72. The van der Waals surface area contributed by atoms with Crippen molar-refractivity contribution in [1.82, 2.24) is 15.0 Å². The third-order valence-electron chi connectivity index (χ3n) is 6.56. The number of nitrogens with zero attached hydrogens (tertiary/aromatic N) is 3. The van der Waals surface area contributed by atoms with Crippen molar-refractivity contribution < 1.29 is 27.5 Å². The van der Waals surface area contributed by atoms with Gasteiger partial charge in [-0.05, 0) is 37.8 Å². The molecule has 10 heteroatoms. The summed E-state index contributed by atoms with van der Waals surface area (Å²) in [6.07, 6.45) is -1.51. The van der Waals surface area contributed by atoms with Crippen molar-refractivity contribution in [2.75, 3.05) is 5.32 Å². The molecule has 2 N–H and O–H groups in total. The molecule has 1 aliphatic carbocycles. The first kappa shape index (κ1) is 25.7. The quantitative estimate of drug-likeness (QED) is 0.418. The van der Waals surface area contributed by atoms with Gasteiger partial charge in [-0.1, -0.05) is 32.0 Å². The van der Waals surface area contributed by atoms with Crippen LogP contribution in [0.2, 0.25) is 0 Å². The van der Waals surface area contributed by atoms with Crippen LogP contribution in [0.1, 0.15) is 73.2 Å². The molecule has 1 aromatic carbocycles. The molecular weight excluding hydrogens is 476 g/mol. The summed E-state index contributed by atoms with van der Waals surface area (Å²) in [5.74, 6) is -0.916. The number of benzene rings is 1. The number of carbonyl (C=O) groups is 1. The minimum absolute atomic E-state index is 0.00119. The van der Waals surface area contributed by atoms with Gasteiger partial charge in [0.1, 0.15) is 11.6 Å². The van der Waals surface area contributed by atoms with Crippen LogP contribution in [-0.4, -0.2) is 37.7 Å². The zero-order valence-corrected chi connectivity index (χ0v) is 19.8. The largest absolute Gasteiger partial charge is 0.417 e. The van der Waals surface area contributed by atoms with Gasteiger partial charge in [0, 0.05) is 41.6 Å². The van der Waals surface area contributed by atoms with Crippen LogP contribution in [0.5, 0.6) is 0 Å². The van der Waals surface area contributed by atoms with Crippen molar-refractivity contribution >= 4 is 11.6 Å². The Labute approximate surface area is 205 Å². The number of rotatable bonds is 5. The van der Waals surface area contributed by atoms with Gasteiger partial charge in [0.25, 0.3) is 5.91 Å². The van der Waals surface area contributed by atoms with Gasteiger partial charge < -0.3 is 10.4 Å². The number of nitrogens with one attached hydrogen (secondary N) is 1. The van der Waals surface area contributed by atoms with Gasteiger partial charge in [-0.3, -0.25) is 9.78 Å². The van der Waals surface area contributed by atoms with Crippen molar-refractivity contribution in [3.63, 3.8) is 0 Å². The summed E-state index contributed by atoms with van der Waals surface area (Å²) >= 11 is 0. The van der Waals surface area contributed by atoms with E-state index in [9.17, 15) is 27.5 Å². The molecule has 0 radical (unpaired) electrons. The number of carbonyl (C=O) groups excluding carboxylic acids is 1. The lowest BCUT2D eigenvalue weighted by atomic mass is 9.76. The first-order valence-electron chi connectivity index (χ1n) is 11.7. The van der Waals surface area contributed by atoms with E-state index < -0.39 is 42.3 Å². The van der Waals surface area contributed by atoms with Crippen LogP contribution in [0.3, 0.4) is 0 Å². The summed E-state index contributed by atoms with van der Waals surface area (Å²) in [5.41, 5.74) is -1.47. The highest BCUT2D eigenvalue weighted by molar-refractivity contribution is 6.06. The van der Waals surface area contributed by atoms with Crippen molar-refractivity contribution in [3.8, 4) is 11.1 Å². The van der Waals surface area contributed by atoms with Crippen molar-refractivity contribution in [2.45, 2.75) is 63.1 Å². The van der Waals surface area contributed by atoms with E-state index >= 15 is 0 Å². The number of hydrogen-bond donors (Lipinski definition) is 2. The van der Waals surface area contributed by atoms with Crippen LogP contribution < -0.4 is 5.32 Å². The van der Waals surface area contributed by atoms with E-state index in [2.05, 4.69) is 20.3 Å². The summed E-state index contributed by atoms with van der Waals surface area (Å²) in [6.45, 7) is 3.84. The number of anilines is 1. The zero-order chi connectivity index (χ0) is 26.1. The Morgan fingerprint density at radius 1 is 1.06 bits per heavy atom. The molecule has 1 fully saturated rings. The summed E-state index contributed by atoms with van der Waals surface area (Å²) in [7, 11) is 0. The number of amides is 1.